The van der Waals surface area contributed by atoms with E-state index in [0.717, 1.165) is 11.8 Å². The van der Waals surface area contributed by atoms with Gasteiger partial charge in [-0.05, 0) is 18.1 Å². The van der Waals surface area contributed by atoms with Crippen LogP contribution in [0.2, 0.25) is 5.02 Å². The Labute approximate surface area is 86.6 Å². The lowest BCUT2D eigenvalue weighted by Crippen LogP contribution is -1.94. The molecule has 1 aromatic rings. The number of halogens is 2. The highest BCUT2D eigenvalue weighted by Gasteiger charge is 2.08. The second kappa shape index (κ2) is 4.96. The molecule has 0 fully saturated rings. The van der Waals surface area contributed by atoms with Crippen LogP contribution in [0.3, 0.4) is 0 Å². The summed E-state index contributed by atoms with van der Waals surface area (Å²) in [5, 5.41) is 0.0479. The van der Waals surface area contributed by atoms with Crippen LogP contribution in [0.15, 0.2) is 12.1 Å². The van der Waals surface area contributed by atoms with Crippen molar-refractivity contribution in [3.63, 3.8) is 0 Å². The molecule has 0 aliphatic heterocycles. The zero-order valence-corrected chi connectivity index (χ0v) is 8.47. The van der Waals surface area contributed by atoms with Gasteiger partial charge < -0.3 is 9.53 Å². The van der Waals surface area contributed by atoms with Gasteiger partial charge in [-0.3, -0.25) is 0 Å². The molecule has 14 heavy (non-hydrogen) atoms. The van der Waals surface area contributed by atoms with Crippen molar-refractivity contribution in [2.45, 2.75) is 12.8 Å². The van der Waals surface area contributed by atoms with Crippen molar-refractivity contribution in [2.75, 3.05) is 7.11 Å². The fourth-order valence-electron chi connectivity index (χ4n) is 1.17. The molecule has 0 amide bonds. The number of methoxy groups -OCH3 is 1. The Morgan fingerprint density at radius 2 is 2.29 bits per heavy atom. The van der Waals surface area contributed by atoms with E-state index in [1.165, 1.54) is 19.2 Å². The van der Waals surface area contributed by atoms with Crippen LogP contribution >= 0.6 is 11.6 Å². The first kappa shape index (κ1) is 11.0. The number of rotatable bonds is 4. The van der Waals surface area contributed by atoms with Gasteiger partial charge in [0.05, 0.1) is 12.1 Å². The van der Waals surface area contributed by atoms with Crippen LogP contribution in [0.4, 0.5) is 4.39 Å². The molecule has 0 radical (unpaired) electrons. The van der Waals surface area contributed by atoms with E-state index < -0.39 is 5.82 Å². The second-order valence-corrected chi connectivity index (χ2v) is 3.19. The minimum Gasteiger partial charge on any atom is -0.496 e. The van der Waals surface area contributed by atoms with Crippen LogP contribution in [-0.2, 0) is 11.2 Å². The molecule has 0 saturated heterocycles. The summed E-state index contributed by atoms with van der Waals surface area (Å²) >= 11 is 5.60. The predicted molar refractivity (Wildman–Crippen MR) is 52.3 cm³/mol. The molecule has 1 rings (SSSR count). The molecule has 0 bridgehead atoms. The summed E-state index contributed by atoms with van der Waals surface area (Å²) in [4.78, 5) is 10.2. The summed E-state index contributed by atoms with van der Waals surface area (Å²) < 4.78 is 18.0. The number of aldehydes is 1. The number of benzene rings is 1. The third-order valence-electron chi connectivity index (χ3n) is 1.85. The highest BCUT2D eigenvalue weighted by atomic mass is 35.5. The third kappa shape index (κ3) is 2.45. The lowest BCUT2D eigenvalue weighted by atomic mass is 10.1. The van der Waals surface area contributed by atoms with E-state index in [0.29, 0.717) is 18.6 Å². The zero-order valence-electron chi connectivity index (χ0n) is 7.72. The normalized spacial score (nSPS) is 9.93. The molecule has 2 nitrogen and oxygen atoms in total. The quantitative estimate of drug-likeness (QED) is 0.724. The van der Waals surface area contributed by atoms with Crippen LogP contribution in [0.25, 0.3) is 0 Å². The maximum Gasteiger partial charge on any atom is 0.145 e. The highest BCUT2D eigenvalue weighted by Crippen LogP contribution is 2.26. The maximum absolute atomic E-state index is 13.0. The minimum atomic E-state index is -0.515. The minimum absolute atomic E-state index is 0.0479. The Morgan fingerprint density at radius 3 is 2.86 bits per heavy atom. The van der Waals surface area contributed by atoms with Gasteiger partial charge in [-0.1, -0.05) is 11.6 Å². The van der Waals surface area contributed by atoms with Crippen molar-refractivity contribution < 1.29 is 13.9 Å². The molecular weight excluding hydrogens is 207 g/mol. The molecular formula is C10H10ClFO2. The Bertz CT molecular complexity index is 339. The van der Waals surface area contributed by atoms with Crippen LogP contribution in [0.5, 0.6) is 5.75 Å². The standard InChI is InChI=1S/C10H10ClFO2/c1-14-10-6-9(12)8(11)5-7(10)3-2-4-13/h4-6H,2-3H2,1H3. The SMILES string of the molecule is COc1cc(F)c(Cl)cc1CCC=O. The molecule has 0 N–H and O–H groups in total. The molecule has 0 atom stereocenters. The molecule has 0 aliphatic rings. The molecule has 1 aromatic carbocycles. The number of aryl methyl sites for hydroxylation is 1. The topological polar surface area (TPSA) is 26.3 Å². The smallest absolute Gasteiger partial charge is 0.145 e. The first-order valence-corrected chi connectivity index (χ1v) is 4.52. The van der Waals surface area contributed by atoms with E-state index >= 15 is 0 Å². The number of ether oxygens (including phenoxy) is 1. The van der Waals surface area contributed by atoms with Crippen molar-refractivity contribution in [2.24, 2.45) is 0 Å². The van der Waals surface area contributed by atoms with Crippen LogP contribution in [0.1, 0.15) is 12.0 Å². The van der Waals surface area contributed by atoms with Gasteiger partial charge >= 0.3 is 0 Å². The van der Waals surface area contributed by atoms with Gasteiger partial charge in [0, 0.05) is 12.5 Å². The lowest BCUT2D eigenvalue weighted by molar-refractivity contribution is -0.107. The Kier molecular flexibility index (Phi) is 3.89. The highest BCUT2D eigenvalue weighted by molar-refractivity contribution is 6.30. The van der Waals surface area contributed by atoms with E-state index in [4.69, 9.17) is 16.3 Å². The van der Waals surface area contributed by atoms with Crippen molar-refractivity contribution in [1.29, 1.82) is 0 Å². The summed E-state index contributed by atoms with van der Waals surface area (Å²) in [6, 6.07) is 2.71. The third-order valence-corrected chi connectivity index (χ3v) is 2.14. The Balaban J connectivity index is 3.00. The van der Waals surface area contributed by atoms with Gasteiger partial charge in [0.15, 0.2) is 0 Å². The molecule has 0 unspecified atom stereocenters. The summed E-state index contributed by atoms with van der Waals surface area (Å²) in [6.45, 7) is 0. The number of hydrogen-bond donors (Lipinski definition) is 0. The number of carbonyl (C=O) groups excluding carboxylic acids is 1. The Morgan fingerprint density at radius 1 is 1.57 bits per heavy atom. The molecule has 0 aromatic heterocycles. The summed E-state index contributed by atoms with van der Waals surface area (Å²) in [5.41, 5.74) is 0.742. The summed E-state index contributed by atoms with van der Waals surface area (Å²) in [7, 11) is 1.45. The van der Waals surface area contributed by atoms with E-state index in [9.17, 15) is 9.18 Å². The van der Waals surface area contributed by atoms with Gasteiger partial charge in [0.2, 0.25) is 0 Å². The van der Waals surface area contributed by atoms with E-state index in [1.54, 1.807) is 0 Å². The summed E-state index contributed by atoms with van der Waals surface area (Å²) in [6.07, 6.45) is 1.68. The van der Waals surface area contributed by atoms with Crippen molar-refractivity contribution in [3.8, 4) is 5.75 Å². The average molecular weight is 217 g/mol. The van der Waals surface area contributed by atoms with Crippen LogP contribution in [0, 0.1) is 5.82 Å². The van der Waals surface area contributed by atoms with Gasteiger partial charge in [0.1, 0.15) is 17.9 Å². The number of carbonyl (C=O) groups is 1. The van der Waals surface area contributed by atoms with Gasteiger partial charge in [-0.15, -0.1) is 0 Å². The van der Waals surface area contributed by atoms with Crippen LogP contribution in [-0.4, -0.2) is 13.4 Å². The van der Waals surface area contributed by atoms with Crippen LogP contribution < -0.4 is 4.74 Å². The van der Waals surface area contributed by atoms with Gasteiger partial charge in [-0.2, -0.15) is 0 Å². The second-order valence-electron chi connectivity index (χ2n) is 2.78. The largest absolute Gasteiger partial charge is 0.496 e. The van der Waals surface area contributed by atoms with Gasteiger partial charge in [0.25, 0.3) is 0 Å². The Hall–Kier alpha value is -1.09. The van der Waals surface area contributed by atoms with Gasteiger partial charge in [-0.25, -0.2) is 4.39 Å². The lowest BCUT2D eigenvalue weighted by Gasteiger charge is -2.07. The van der Waals surface area contributed by atoms with Crippen molar-refractivity contribution in [1.82, 2.24) is 0 Å². The first-order valence-electron chi connectivity index (χ1n) is 4.14. The average Bonchev–Trinajstić information content (AvgIpc) is 2.19. The monoisotopic (exact) mass is 216 g/mol. The zero-order chi connectivity index (χ0) is 10.6. The first-order chi connectivity index (χ1) is 6.69. The number of hydrogen-bond acceptors (Lipinski definition) is 2. The van der Waals surface area contributed by atoms with Crippen molar-refractivity contribution >= 4 is 17.9 Å². The van der Waals surface area contributed by atoms with E-state index in [1.807, 2.05) is 0 Å². The molecule has 0 aliphatic carbocycles. The van der Waals surface area contributed by atoms with Crippen molar-refractivity contribution in [3.05, 3.63) is 28.5 Å². The molecule has 0 heterocycles. The maximum atomic E-state index is 13.0. The molecule has 0 saturated carbocycles. The molecule has 76 valence electrons. The predicted octanol–water partition coefficient (Wildman–Crippen LogP) is 2.62. The summed E-state index contributed by atoms with van der Waals surface area (Å²) in [5.74, 6) is -0.0906. The molecule has 0 spiro atoms. The fraction of sp³-hybridized carbons (Fsp3) is 0.300. The fourth-order valence-corrected chi connectivity index (χ4v) is 1.36. The van der Waals surface area contributed by atoms with E-state index in [-0.39, 0.29) is 5.02 Å². The molecule has 4 heteroatoms. The van der Waals surface area contributed by atoms with E-state index in [2.05, 4.69) is 0 Å².